The van der Waals surface area contributed by atoms with Gasteiger partial charge in [0.2, 0.25) is 5.91 Å². The van der Waals surface area contributed by atoms with E-state index in [1.165, 1.54) is 4.90 Å². The number of piperidine rings is 2. The molecule has 1 atom stereocenters. The Morgan fingerprint density at radius 3 is 2.41 bits per heavy atom. The molecule has 39 heavy (non-hydrogen) atoms. The summed E-state index contributed by atoms with van der Waals surface area (Å²) in [6, 6.07) is 16.5. The minimum Gasteiger partial charge on any atom is -0.497 e. The maximum absolute atomic E-state index is 13.7. The van der Waals surface area contributed by atoms with Gasteiger partial charge in [0.15, 0.2) is 0 Å². The van der Waals surface area contributed by atoms with Crippen molar-refractivity contribution in [3.8, 4) is 5.75 Å². The number of amides is 3. The predicted octanol–water partition coefficient (Wildman–Crippen LogP) is 4.86. The lowest BCUT2D eigenvalue weighted by atomic mass is 9.90. The second-order valence-electron chi connectivity index (χ2n) is 10.4. The third-order valence-electron chi connectivity index (χ3n) is 8.26. The molecule has 2 aromatic carbocycles. The van der Waals surface area contributed by atoms with E-state index in [9.17, 15) is 14.4 Å². The summed E-state index contributed by atoms with van der Waals surface area (Å²) in [6.45, 7) is 2.09. The van der Waals surface area contributed by atoms with Gasteiger partial charge in [-0.25, -0.2) is 4.90 Å². The molecule has 3 amide bonds. The number of hydrogen-bond acceptors (Lipinski definition) is 6. The molecule has 1 aromatic heterocycles. The van der Waals surface area contributed by atoms with Crippen LogP contribution in [0.5, 0.6) is 5.75 Å². The molecule has 0 aliphatic carbocycles. The molecule has 0 unspecified atom stereocenters. The molecule has 8 nitrogen and oxygen atoms in total. The Labute approximate surface area is 228 Å². The standard InChI is InChI=1S/C31H32N4O4/c1-39-24-12-10-23(11-13-24)35-30(37)25-7-4-9-27(28(25)31(35)38)33-18-14-21(15-19-33)29(36)34-17-3-2-8-26(34)22-6-5-16-32-20-22/h4-7,9-13,16,20-21,26H,2-3,8,14-15,17-19H2,1H3/t26-/m0/s1. The fraction of sp³-hybridized carbons (Fsp3) is 0.355. The normalized spacial score (nSPS) is 19.8. The fourth-order valence-electron chi connectivity index (χ4n) is 6.21. The van der Waals surface area contributed by atoms with Crippen molar-refractivity contribution in [3.63, 3.8) is 0 Å². The summed E-state index contributed by atoms with van der Waals surface area (Å²) in [4.78, 5) is 50.2. The van der Waals surface area contributed by atoms with E-state index in [1.807, 2.05) is 24.4 Å². The molecule has 2 fully saturated rings. The van der Waals surface area contributed by atoms with E-state index in [4.69, 9.17) is 4.74 Å². The topological polar surface area (TPSA) is 83.1 Å². The molecule has 3 aliphatic heterocycles. The quantitative estimate of drug-likeness (QED) is 0.444. The lowest BCUT2D eigenvalue weighted by Gasteiger charge is -2.40. The van der Waals surface area contributed by atoms with Crippen molar-refractivity contribution in [2.45, 2.75) is 38.1 Å². The summed E-state index contributed by atoms with van der Waals surface area (Å²) >= 11 is 0. The van der Waals surface area contributed by atoms with Crippen molar-refractivity contribution in [2.24, 2.45) is 5.92 Å². The Morgan fingerprint density at radius 2 is 1.69 bits per heavy atom. The number of imide groups is 1. The van der Waals surface area contributed by atoms with Crippen LogP contribution in [0, 0.1) is 5.92 Å². The predicted molar refractivity (Wildman–Crippen MR) is 148 cm³/mol. The van der Waals surface area contributed by atoms with Gasteiger partial charge in [-0.15, -0.1) is 0 Å². The van der Waals surface area contributed by atoms with Crippen LogP contribution in [0.15, 0.2) is 67.0 Å². The van der Waals surface area contributed by atoms with Crippen molar-refractivity contribution in [3.05, 3.63) is 83.7 Å². The molecule has 3 aliphatic rings. The number of benzene rings is 2. The average Bonchev–Trinajstić information content (AvgIpc) is 3.26. The number of carbonyl (C=O) groups is 3. The number of aromatic nitrogens is 1. The van der Waals surface area contributed by atoms with Gasteiger partial charge in [0.1, 0.15) is 5.75 Å². The molecular formula is C31H32N4O4. The molecule has 0 N–H and O–H groups in total. The molecular weight excluding hydrogens is 492 g/mol. The van der Waals surface area contributed by atoms with Gasteiger partial charge in [-0.2, -0.15) is 0 Å². The van der Waals surface area contributed by atoms with Crippen molar-refractivity contribution in [2.75, 3.05) is 36.5 Å². The molecule has 0 spiro atoms. The van der Waals surface area contributed by atoms with Crippen LogP contribution in [-0.2, 0) is 4.79 Å². The van der Waals surface area contributed by atoms with Crippen LogP contribution in [0.2, 0.25) is 0 Å². The van der Waals surface area contributed by atoms with Gasteiger partial charge < -0.3 is 14.5 Å². The number of fused-ring (bicyclic) bond motifs is 1. The van der Waals surface area contributed by atoms with Crippen LogP contribution in [0.4, 0.5) is 11.4 Å². The molecule has 4 heterocycles. The molecule has 8 heteroatoms. The number of hydrogen-bond donors (Lipinski definition) is 0. The van der Waals surface area contributed by atoms with Gasteiger partial charge in [-0.3, -0.25) is 19.4 Å². The highest BCUT2D eigenvalue weighted by atomic mass is 16.5. The third kappa shape index (κ3) is 4.54. The second kappa shape index (κ2) is 10.5. The van der Waals surface area contributed by atoms with Crippen molar-refractivity contribution in [1.29, 1.82) is 0 Å². The van der Waals surface area contributed by atoms with Crippen LogP contribution >= 0.6 is 0 Å². The van der Waals surface area contributed by atoms with Crippen LogP contribution in [0.25, 0.3) is 0 Å². The number of nitrogens with zero attached hydrogens (tertiary/aromatic N) is 4. The number of methoxy groups -OCH3 is 1. The SMILES string of the molecule is COc1ccc(N2C(=O)c3cccc(N4CCC(C(=O)N5CCCC[C@H]5c5cccnc5)CC4)c3C2=O)cc1. The number of likely N-dealkylation sites (tertiary alicyclic amines) is 1. The Bertz CT molecular complexity index is 1380. The number of carbonyl (C=O) groups excluding carboxylic acids is 3. The number of rotatable bonds is 5. The van der Waals surface area contributed by atoms with E-state index >= 15 is 0 Å². The highest BCUT2D eigenvalue weighted by Gasteiger charge is 2.41. The molecule has 200 valence electrons. The van der Waals surface area contributed by atoms with E-state index in [0.717, 1.165) is 37.1 Å². The fourth-order valence-corrected chi connectivity index (χ4v) is 6.21. The summed E-state index contributed by atoms with van der Waals surface area (Å²) in [5, 5.41) is 0. The van der Waals surface area contributed by atoms with Crippen LogP contribution in [-0.4, -0.2) is 54.3 Å². The first-order valence-electron chi connectivity index (χ1n) is 13.7. The highest BCUT2D eigenvalue weighted by molar-refractivity contribution is 6.36. The Morgan fingerprint density at radius 1 is 0.897 bits per heavy atom. The maximum atomic E-state index is 13.7. The monoisotopic (exact) mass is 524 g/mol. The molecule has 2 saturated heterocycles. The Kier molecular flexibility index (Phi) is 6.77. The van der Waals surface area contributed by atoms with Crippen molar-refractivity contribution < 1.29 is 19.1 Å². The van der Waals surface area contributed by atoms with E-state index < -0.39 is 0 Å². The summed E-state index contributed by atoms with van der Waals surface area (Å²) in [6.07, 6.45) is 8.17. The molecule has 0 saturated carbocycles. The van der Waals surface area contributed by atoms with Gasteiger partial charge >= 0.3 is 0 Å². The minimum atomic E-state index is -0.321. The second-order valence-corrected chi connectivity index (χ2v) is 10.4. The van der Waals surface area contributed by atoms with E-state index in [0.29, 0.717) is 48.5 Å². The van der Waals surface area contributed by atoms with Gasteiger partial charge in [0.05, 0.1) is 35.7 Å². The van der Waals surface area contributed by atoms with Gasteiger partial charge in [0, 0.05) is 37.9 Å². The largest absolute Gasteiger partial charge is 0.497 e. The smallest absolute Gasteiger partial charge is 0.268 e. The first-order chi connectivity index (χ1) is 19.1. The lowest BCUT2D eigenvalue weighted by molar-refractivity contribution is -0.140. The first-order valence-corrected chi connectivity index (χ1v) is 13.7. The summed E-state index contributed by atoms with van der Waals surface area (Å²) in [7, 11) is 1.58. The molecule has 0 bridgehead atoms. The van der Waals surface area contributed by atoms with E-state index in [-0.39, 0.29) is 29.7 Å². The Hall–Kier alpha value is -4.20. The number of ether oxygens (including phenoxy) is 1. The summed E-state index contributed by atoms with van der Waals surface area (Å²) < 4.78 is 5.21. The minimum absolute atomic E-state index is 0.0524. The van der Waals surface area contributed by atoms with Crippen LogP contribution < -0.4 is 14.5 Å². The molecule has 3 aromatic rings. The zero-order valence-electron chi connectivity index (χ0n) is 22.1. The number of anilines is 2. The van der Waals surface area contributed by atoms with Gasteiger partial charge in [-0.05, 0) is 80.1 Å². The van der Waals surface area contributed by atoms with Crippen LogP contribution in [0.1, 0.15) is 64.4 Å². The molecule has 6 rings (SSSR count). The zero-order chi connectivity index (χ0) is 26.9. The highest BCUT2D eigenvalue weighted by Crippen LogP contribution is 2.38. The summed E-state index contributed by atoms with van der Waals surface area (Å²) in [5.41, 5.74) is 3.24. The van der Waals surface area contributed by atoms with E-state index in [2.05, 4.69) is 20.9 Å². The van der Waals surface area contributed by atoms with Crippen molar-refractivity contribution in [1.82, 2.24) is 9.88 Å². The van der Waals surface area contributed by atoms with Crippen molar-refractivity contribution >= 4 is 29.1 Å². The lowest BCUT2D eigenvalue weighted by Crippen LogP contribution is -2.46. The zero-order valence-corrected chi connectivity index (χ0v) is 22.1. The van der Waals surface area contributed by atoms with Gasteiger partial charge in [0.25, 0.3) is 11.8 Å². The maximum Gasteiger partial charge on any atom is 0.268 e. The first kappa shape index (κ1) is 25.1. The average molecular weight is 525 g/mol. The summed E-state index contributed by atoms with van der Waals surface area (Å²) in [5.74, 6) is 0.187. The third-order valence-corrected chi connectivity index (χ3v) is 8.26. The van der Waals surface area contributed by atoms with E-state index in [1.54, 1.807) is 43.6 Å². The molecule has 0 radical (unpaired) electrons. The Balaban J connectivity index is 1.18. The van der Waals surface area contributed by atoms with Crippen LogP contribution in [0.3, 0.4) is 0 Å². The number of pyridine rings is 1. The van der Waals surface area contributed by atoms with Gasteiger partial charge in [-0.1, -0.05) is 12.1 Å².